The topological polar surface area (TPSA) is 84.2 Å². The van der Waals surface area contributed by atoms with Crippen molar-refractivity contribution in [3.63, 3.8) is 0 Å². The molecule has 0 spiro atoms. The van der Waals surface area contributed by atoms with E-state index in [2.05, 4.69) is 10.6 Å². The number of rotatable bonds is 5. The molecule has 0 bridgehead atoms. The lowest BCUT2D eigenvalue weighted by molar-refractivity contribution is -0.123. The molecule has 5 heteroatoms. The average Bonchev–Trinajstić information content (AvgIpc) is 2.61. The van der Waals surface area contributed by atoms with Crippen molar-refractivity contribution < 1.29 is 9.59 Å². The van der Waals surface area contributed by atoms with Crippen LogP contribution in [0.25, 0.3) is 0 Å². The van der Waals surface area contributed by atoms with Crippen molar-refractivity contribution in [2.45, 2.75) is 64.5 Å². The minimum atomic E-state index is -0.224. The van der Waals surface area contributed by atoms with Crippen LogP contribution < -0.4 is 16.4 Å². The Hall–Kier alpha value is -1.10. The zero-order chi connectivity index (χ0) is 14.5. The third-order valence-electron chi connectivity index (χ3n) is 3.35. The maximum atomic E-state index is 11.7. The number of hydrogen-bond donors (Lipinski definition) is 3. The van der Waals surface area contributed by atoms with Gasteiger partial charge in [-0.1, -0.05) is 6.42 Å². The second kappa shape index (κ2) is 6.89. The minimum Gasteiger partial charge on any atom is -0.356 e. The van der Waals surface area contributed by atoms with Crippen molar-refractivity contribution in [1.82, 2.24) is 10.6 Å². The summed E-state index contributed by atoms with van der Waals surface area (Å²) < 4.78 is 0. The second-order valence-corrected chi connectivity index (χ2v) is 6.46. The van der Waals surface area contributed by atoms with Crippen molar-refractivity contribution in [2.75, 3.05) is 6.54 Å². The van der Waals surface area contributed by atoms with Gasteiger partial charge in [-0.3, -0.25) is 9.59 Å². The molecule has 4 N–H and O–H groups in total. The fourth-order valence-corrected chi connectivity index (χ4v) is 2.43. The van der Waals surface area contributed by atoms with Gasteiger partial charge >= 0.3 is 0 Å². The molecule has 2 atom stereocenters. The highest BCUT2D eigenvalue weighted by atomic mass is 16.2. The molecule has 110 valence electrons. The van der Waals surface area contributed by atoms with Crippen LogP contribution in [0, 0.1) is 5.92 Å². The number of nitrogens with two attached hydrogens (primary N) is 1. The molecule has 1 aliphatic rings. The van der Waals surface area contributed by atoms with Crippen LogP contribution in [0.15, 0.2) is 0 Å². The lowest BCUT2D eigenvalue weighted by Gasteiger charge is -2.20. The van der Waals surface area contributed by atoms with E-state index in [1.807, 2.05) is 20.8 Å². The Kier molecular flexibility index (Phi) is 5.79. The van der Waals surface area contributed by atoms with Crippen molar-refractivity contribution in [1.29, 1.82) is 0 Å². The van der Waals surface area contributed by atoms with Crippen LogP contribution in [0.3, 0.4) is 0 Å². The van der Waals surface area contributed by atoms with Crippen LogP contribution in [0.5, 0.6) is 0 Å². The Balaban J connectivity index is 2.15. The molecule has 0 unspecified atom stereocenters. The first kappa shape index (κ1) is 16.0. The van der Waals surface area contributed by atoms with Crippen LogP contribution in [0.2, 0.25) is 0 Å². The average molecular weight is 269 g/mol. The molecule has 19 heavy (non-hydrogen) atoms. The largest absolute Gasteiger partial charge is 0.356 e. The van der Waals surface area contributed by atoms with Crippen LogP contribution in [0.1, 0.15) is 52.9 Å². The van der Waals surface area contributed by atoms with Gasteiger partial charge in [0.25, 0.3) is 0 Å². The van der Waals surface area contributed by atoms with Crippen molar-refractivity contribution in [3.05, 3.63) is 0 Å². The second-order valence-electron chi connectivity index (χ2n) is 6.46. The summed E-state index contributed by atoms with van der Waals surface area (Å²) >= 11 is 0. The molecule has 0 radical (unpaired) electrons. The van der Waals surface area contributed by atoms with Gasteiger partial charge < -0.3 is 16.4 Å². The van der Waals surface area contributed by atoms with E-state index in [4.69, 9.17) is 5.73 Å². The molecule has 0 aliphatic heterocycles. The zero-order valence-corrected chi connectivity index (χ0v) is 12.3. The minimum absolute atomic E-state index is 0.00547. The normalized spacial score (nSPS) is 23.2. The zero-order valence-electron chi connectivity index (χ0n) is 12.3. The molecule has 1 saturated carbocycles. The van der Waals surface area contributed by atoms with Crippen molar-refractivity contribution in [3.8, 4) is 0 Å². The van der Waals surface area contributed by atoms with Gasteiger partial charge in [-0.25, -0.2) is 0 Å². The van der Waals surface area contributed by atoms with Crippen LogP contribution >= 0.6 is 0 Å². The third kappa shape index (κ3) is 6.57. The van der Waals surface area contributed by atoms with E-state index in [0.29, 0.717) is 25.3 Å². The maximum absolute atomic E-state index is 11.7. The quantitative estimate of drug-likeness (QED) is 0.694. The Morgan fingerprint density at radius 3 is 2.42 bits per heavy atom. The smallest absolute Gasteiger partial charge is 0.222 e. The first-order valence-corrected chi connectivity index (χ1v) is 7.11. The summed E-state index contributed by atoms with van der Waals surface area (Å²) in [5, 5.41) is 5.65. The van der Waals surface area contributed by atoms with E-state index < -0.39 is 0 Å². The molecular formula is C14H27N3O2. The Bertz CT molecular complexity index is 323. The van der Waals surface area contributed by atoms with E-state index in [1.165, 1.54) is 0 Å². The van der Waals surface area contributed by atoms with E-state index in [1.54, 1.807) is 0 Å². The lowest BCUT2D eigenvalue weighted by atomic mass is 10.00. The number of carbonyl (C=O) groups excluding carboxylic acids is 2. The molecular weight excluding hydrogens is 242 g/mol. The standard InChI is InChI=1S/C14H27N3O2/c1-14(2,3)17-12(18)7-8-16-13(19)9-10-5-4-6-11(10)15/h10-11H,4-9,15H2,1-3H3,(H,16,19)(H,17,18)/t10-,11+/m0/s1. The molecule has 0 aromatic heterocycles. The maximum Gasteiger partial charge on any atom is 0.222 e. The van der Waals surface area contributed by atoms with Gasteiger partial charge in [0.15, 0.2) is 0 Å². The summed E-state index contributed by atoms with van der Waals surface area (Å²) in [6.45, 7) is 6.20. The van der Waals surface area contributed by atoms with E-state index in [-0.39, 0.29) is 23.4 Å². The summed E-state index contributed by atoms with van der Waals surface area (Å²) in [4.78, 5) is 23.3. The third-order valence-corrected chi connectivity index (χ3v) is 3.35. The summed E-state index contributed by atoms with van der Waals surface area (Å²) in [6.07, 6.45) is 3.99. The molecule has 0 saturated heterocycles. The number of carbonyl (C=O) groups is 2. The van der Waals surface area contributed by atoms with E-state index in [0.717, 1.165) is 19.3 Å². The number of hydrogen-bond acceptors (Lipinski definition) is 3. The highest BCUT2D eigenvalue weighted by Gasteiger charge is 2.25. The van der Waals surface area contributed by atoms with Crippen LogP contribution in [-0.2, 0) is 9.59 Å². The monoisotopic (exact) mass is 269 g/mol. The highest BCUT2D eigenvalue weighted by molar-refractivity contribution is 5.79. The fourth-order valence-electron chi connectivity index (χ4n) is 2.43. The first-order valence-electron chi connectivity index (χ1n) is 7.11. The molecule has 5 nitrogen and oxygen atoms in total. The van der Waals surface area contributed by atoms with Gasteiger partial charge in [0, 0.05) is 31.0 Å². The summed E-state index contributed by atoms with van der Waals surface area (Å²) in [6, 6.07) is 0.162. The predicted molar refractivity (Wildman–Crippen MR) is 75.5 cm³/mol. The first-order chi connectivity index (χ1) is 8.78. The SMILES string of the molecule is CC(C)(C)NC(=O)CCNC(=O)C[C@@H]1CCC[C@H]1N. The van der Waals surface area contributed by atoms with Crippen LogP contribution in [0.4, 0.5) is 0 Å². The van der Waals surface area contributed by atoms with E-state index >= 15 is 0 Å². The molecule has 0 aromatic carbocycles. The Morgan fingerprint density at radius 2 is 1.89 bits per heavy atom. The van der Waals surface area contributed by atoms with Crippen molar-refractivity contribution in [2.24, 2.45) is 11.7 Å². The Labute approximate surface area is 115 Å². The summed E-state index contributed by atoms with van der Waals surface area (Å²) in [5.41, 5.74) is 5.70. The lowest BCUT2D eigenvalue weighted by Crippen LogP contribution is -2.42. The van der Waals surface area contributed by atoms with Gasteiger partial charge in [-0.15, -0.1) is 0 Å². The fraction of sp³-hybridized carbons (Fsp3) is 0.857. The Morgan fingerprint density at radius 1 is 1.21 bits per heavy atom. The molecule has 0 aromatic rings. The highest BCUT2D eigenvalue weighted by Crippen LogP contribution is 2.26. The van der Waals surface area contributed by atoms with Gasteiger partial charge in [0.1, 0.15) is 0 Å². The molecule has 2 amide bonds. The van der Waals surface area contributed by atoms with Gasteiger partial charge in [0.2, 0.25) is 11.8 Å². The molecule has 0 heterocycles. The van der Waals surface area contributed by atoms with Crippen molar-refractivity contribution >= 4 is 11.8 Å². The molecule has 1 aliphatic carbocycles. The number of amides is 2. The van der Waals surface area contributed by atoms with Gasteiger partial charge in [-0.2, -0.15) is 0 Å². The summed E-state index contributed by atoms with van der Waals surface area (Å²) in [7, 11) is 0. The number of nitrogens with one attached hydrogen (secondary N) is 2. The molecule has 1 rings (SSSR count). The summed E-state index contributed by atoms with van der Waals surface area (Å²) in [5.74, 6) is 0.277. The van der Waals surface area contributed by atoms with E-state index in [9.17, 15) is 9.59 Å². The van der Waals surface area contributed by atoms with Gasteiger partial charge in [0.05, 0.1) is 0 Å². The molecule has 1 fully saturated rings. The predicted octanol–water partition coefficient (Wildman–Crippen LogP) is 0.925. The van der Waals surface area contributed by atoms with Gasteiger partial charge in [-0.05, 0) is 39.5 Å². The van der Waals surface area contributed by atoms with Crippen LogP contribution in [-0.4, -0.2) is 29.9 Å².